The predicted molar refractivity (Wildman–Crippen MR) is 138 cm³/mol. The molecule has 0 atom stereocenters. The van der Waals surface area contributed by atoms with Crippen LogP contribution in [0.3, 0.4) is 0 Å². The van der Waals surface area contributed by atoms with Crippen molar-refractivity contribution >= 4 is 22.4 Å². The molecule has 0 aliphatic carbocycles. The highest BCUT2D eigenvalue weighted by Crippen LogP contribution is 2.28. The fraction of sp³-hybridized carbons (Fsp3) is 0.0741. The number of benzene rings is 2. The number of thiazole rings is 1. The molecule has 7 nitrogen and oxygen atoms in total. The van der Waals surface area contributed by atoms with Crippen LogP contribution in [0.2, 0.25) is 0 Å². The maximum Gasteiger partial charge on any atom is 0.291 e. The third-order valence-electron chi connectivity index (χ3n) is 5.82. The van der Waals surface area contributed by atoms with E-state index in [1.54, 1.807) is 12.4 Å². The quantitative estimate of drug-likeness (QED) is 0.381. The van der Waals surface area contributed by atoms with Crippen molar-refractivity contribution in [2.24, 2.45) is 0 Å². The van der Waals surface area contributed by atoms with Crippen LogP contribution in [-0.4, -0.2) is 29.4 Å². The average Bonchev–Trinajstić information content (AvgIpc) is 3.57. The van der Waals surface area contributed by atoms with Crippen LogP contribution in [0.15, 0.2) is 84.0 Å². The Hall–Kier alpha value is -4.43. The summed E-state index contributed by atoms with van der Waals surface area (Å²) in [5.74, 6) is 0.510. The molecular formula is C27H20N6OS. The van der Waals surface area contributed by atoms with Gasteiger partial charge < -0.3 is 0 Å². The molecular weight excluding hydrogens is 456 g/mol. The first-order valence-electron chi connectivity index (χ1n) is 11.1. The number of pyridine rings is 1. The number of fused-ring (bicyclic) bond motifs is 1. The lowest BCUT2D eigenvalue weighted by atomic mass is 10.0. The van der Waals surface area contributed by atoms with Gasteiger partial charge in [0.05, 0.1) is 10.2 Å². The van der Waals surface area contributed by atoms with Crippen molar-refractivity contribution in [1.82, 2.24) is 29.4 Å². The summed E-state index contributed by atoms with van der Waals surface area (Å²) in [5, 5.41) is 9.36. The van der Waals surface area contributed by atoms with Crippen LogP contribution < -0.4 is 10.1 Å². The second kappa shape index (κ2) is 8.41. The van der Waals surface area contributed by atoms with Gasteiger partial charge in [0.15, 0.2) is 5.82 Å². The molecule has 0 N–H and O–H groups in total. The SMILES string of the molecule is Cc1ccc(C)c(-c2nn(-c3ccccc3)cc2/C=c2\sc3nc(-c4ccncc4)nn3c2=O)c1. The highest BCUT2D eigenvalue weighted by Gasteiger charge is 2.16. The molecule has 4 aromatic heterocycles. The Labute approximate surface area is 204 Å². The molecule has 6 aromatic rings. The first-order chi connectivity index (χ1) is 17.1. The summed E-state index contributed by atoms with van der Waals surface area (Å²) in [4.78, 5) is 22.4. The van der Waals surface area contributed by atoms with E-state index in [4.69, 9.17) is 5.10 Å². The van der Waals surface area contributed by atoms with E-state index in [2.05, 4.69) is 47.1 Å². The van der Waals surface area contributed by atoms with E-state index < -0.39 is 0 Å². The van der Waals surface area contributed by atoms with Crippen LogP contribution in [0.1, 0.15) is 16.7 Å². The summed E-state index contributed by atoms with van der Waals surface area (Å²) in [7, 11) is 0. The summed E-state index contributed by atoms with van der Waals surface area (Å²) in [6.45, 7) is 4.14. The third-order valence-corrected chi connectivity index (χ3v) is 6.78. The normalized spacial score (nSPS) is 12.0. The first kappa shape index (κ1) is 21.1. The van der Waals surface area contributed by atoms with Crippen molar-refractivity contribution in [3.63, 3.8) is 0 Å². The van der Waals surface area contributed by atoms with E-state index in [9.17, 15) is 4.79 Å². The van der Waals surface area contributed by atoms with E-state index in [1.807, 2.05) is 59.4 Å². The van der Waals surface area contributed by atoms with Crippen LogP contribution in [0, 0.1) is 13.8 Å². The Balaban J connectivity index is 1.52. The van der Waals surface area contributed by atoms with E-state index >= 15 is 0 Å². The Morgan fingerprint density at radius 2 is 1.74 bits per heavy atom. The number of rotatable bonds is 4. The summed E-state index contributed by atoms with van der Waals surface area (Å²) < 4.78 is 3.78. The fourth-order valence-corrected chi connectivity index (χ4v) is 4.90. The van der Waals surface area contributed by atoms with Gasteiger partial charge in [-0.3, -0.25) is 9.78 Å². The number of hydrogen-bond acceptors (Lipinski definition) is 6. The summed E-state index contributed by atoms with van der Waals surface area (Å²) in [5.41, 5.74) is 6.57. The molecule has 170 valence electrons. The Bertz CT molecular complexity index is 1780. The van der Waals surface area contributed by atoms with Gasteiger partial charge in [-0.05, 0) is 55.8 Å². The van der Waals surface area contributed by atoms with Crippen LogP contribution in [0.5, 0.6) is 0 Å². The molecule has 0 fully saturated rings. The molecule has 2 aromatic carbocycles. The van der Waals surface area contributed by atoms with Crippen molar-refractivity contribution in [1.29, 1.82) is 0 Å². The van der Waals surface area contributed by atoms with Crippen molar-refractivity contribution in [2.75, 3.05) is 0 Å². The van der Waals surface area contributed by atoms with Crippen LogP contribution in [-0.2, 0) is 0 Å². The smallest absolute Gasteiger partial charge is 0.266 e. The largest absolute Gasteiger partial charge is 0.291 e. The molecule has 6 rings (SSSR count). The lowest BCUT2D eigenvalue weighted by Gasteiger charge is -2.05. The molecule has 0 aliphatic heterocycles. The molecule has 0 radical (unpaired) electrons. The number of aryl methyl sites for hydroxylation is 2. The van der Waals surface area contributed by atoms with Crippen molar-refractivity contribution in [3.8, 4) is 28.3 Å². The lowest BCUT2D eigenvalue weighted by molar-refractivity contribution is 0.884. The third kappa shape index (κ3) is 3.83. The zero-order valence-electron chi connectivity index (χ0n) is 19.1. The fourth-order valence-electron chi connectivity index (χ4n) is 4.00. The first-order valence-corrected chi connectivity index (χ1v) is 11.9. The summed E-state index contributed by atoms with van der Waals surface area (Å²) in [6, 6.07) is 19.9. The molecule has 0 saturated heterocycles. The molecule has 8 heteroatoms. The minimum absolute atomic E-state index is 0.197. The monoisotopic (exact) mass is 476 g/mol. The number of nitrogens with zero attached hydrogens (tertiary/aromatic N) is 6. The van der Waals surface area contributed by atoms with Gasteiger partial charge in [-0.1, -0.05) is 47.2 Å². The van der Waals surface area contributed by atoms with E-state index in [0.717, 1.165) is 39.2 Å². The van der Waals surface area contributed by atoms with Gasteiger partial charge in [0, 0.05) is 35.3 Å². The Morgan fingerprint density at radius 3 is 2.51 bits per heavy atom. The maximum absolute atomic E-state index is 13.2. The summed E-state index contributed by atoms with van der Waals surface area (Å²) >= 11 is 1.32. The Kier molecular flexibility index (Phi) is 5.08. The minimum atomic E-state index is -0.197. The molecule has 0 unspecified atom stereocenters. The second-order valence-corrected chi connectivity index (χ2v) is 9.32. The molecule has 35 heavy (non-hydrogen) atoms. The van der Waals surface area contributed by atoms with Crippen LogP contribution >= 0.6 is 11.3 Å². The molecule has 0 aliphatic rings. The van der Waals surface area contributed by atoms with Gasteiger partial charge in [0.25, 0.3) is 5.56 Å². The maximum atomic E-state index is 13.2. The lowest BCUT2D eigenvalue weighted by Crippen LogP contribution is -2.23. The molecule has 0 bridgehead atoms. The second-order valence-electron chi connectivity index (χ2n) is 8.31. The predicted octanol–water partition coefficient (Wildman–Crippen LogP) is 4.23. The van der Waals surface area contributed by atoms with E-state index in [-0.39, 0.29) is 5.56 Å². The Morgan fingerprint density at radius 1 is 0.943 bits per heavy atom. The van der Waals surface area contributed by atoms with Crippen LogP contribution in [0.4, 0.5) is 0 Å². The van der Waals surface area contributed by atoms with Gasteiger partial charge in [-0.2, -0.15) is 14.6 Å². The number of hydrogen-bond donors (Lipinski definition) is 0. The van der Waals surface area contributed by atoms with Gasteiger partial charge in [-0.25, -0.2) is 4.68 Å². The van der Waals surface area contributed by atoms with E-state index in [0.29, 0.717) is 15.3 Å². The molecule has 4 heterocycles. The van der Waals surface area contributed by atoms with Crippen LogP contribution in [0.25, 0.3) is 39.4 Å². The van der Waals surface area contributed by atoms with Gasteiger partial charge in [0.2, 0.25) is 4.96 Å². The van der Waals surface area contributed by atoms with Crippen molar-refractivity contribution in [2.45, 2.75) is 13.8 Å². The molecule has 0 amide bonds. The average molecular weight is 477 g/mol. The van der Waals surface area contributed by atoms with Crippen molar-refractivity contribution < 1.29 is 0 Å². The minimum Gasteiger partial charge on any atom is -0.266 e. The summed E-state index contributed by atoms with van der Waals surface area (Å²) in [6.07, 6.45) is 7.21. The molecule has 0 saturated carbocycles. The van der Waals surface area contributed by atoms with Crippen molar-refractivity contribution in [3.05, 3.63) is 111 Å². The van der Waals surface area contributed by atoms with E-state index in [1.165, 1.54) is 15.9 Å². The zero-order valence-corrected chi connectivity index (χ0v) is 19.9. The highest BCUT2D eigenvalue weighted by atomic mass is 32.1. The number of para-hydroxylation sites is 1. The topological polar surface area (TPSA) is 78.0 Å². The van der Waals surface area contributed by atoms with Gasteiger partial charge in [0.1, 0.15) is 5.69 Å². The van der Waals surface area contributed by atoms with Gasteiger partial charge >= 0.3 is 0 Å². The number of aromatic nitrogens is 6. The zero-order chi connectivity index (χ0) is 23.9. The highest BCUT2D eigenvalue weighted by molar-refractivity contribution is 7.15. The standard InChI is InChI=1S/C27H20N6OS/c1-17-8-9-18(2)22(14-17)24-20(16-32(30-24)21-6-4-3-5-7-21)15-23-26(34)33-27(35-23)29-25(31-33)19-10-12-28-13-11-19/h3-16H,1-2H3/b23-15-. The van der Waals surface area contributed by atoms with Gasteiger partial charge in [-0.15, -0.1) is 5.10 Å². The molecule has 0 spiro atoms.